The molecule has 0 saturated heterocycles. The Balaban J connectivity index is 0. The van der Waals surface area contributed by atoms with Gasteiger partial charge in [0.25, 0.3) is 0 Å². The van der Waals surface area contributed by atoms with Gasteiger partial charge >= 0.3 is 5.97 Å². The maximum absolute atomic E-state index is 9.96. The molecule has 0 spiro atoms. The van der Waals surface area contributed by atoms with Gasteiger partial charge in [0.1, 0.15) is 12.5 Å². The average Bonchev–Trinajstić information content (AvgIpc) is 2.35. The summed E-state index contributed by atoms with van der Waals surface area (Å²) in [6.07, 6.45) is 4.67. The van der Waals surface area contributed by atoms with Crippen molar-refractivity contribution in [3.05, 3.63) is 0 Å². The predicted octanol–water partition coefficient (Wildman–Crippen LogP) is 2.60. The third-order valence-electron chi connectivity index (χ3n) is 2.42. The van der Waals surface area contributed by atoms with Crippen LogP contribution in [0.25, 0.3) is 0 Å². The van der Waals surface area contributed by atoms with Gasteiger partial charge in [-0.2, -0.15) is 0 Å². The van der Waals surface area contributed by atoms with Crippen LogP contribution in [0, 0.1) is 0 Å². The molecule has 0 aromatic carbocycles. The van der Waals surface area contributed by atoms with Gasteiger partial charge in [0.15, 0.2) is 0 Å². The smallest absolute Gasteiger partial charge is 0.303 e. The van der Waals surface area contributed by atoms with Crippen molar-refractivity contribution in [1.29, 1.82) is 0 Å². The quantitative estimate of drug-likeness (QED) is 0.494. The van der Waals surface area contributed by atoms with Gasteiger partial charge in [-0.1, -0.05) is 26.2 Å². The minimum atomic E-state index is -0.675. The van der Waals surface area contributed by atoms with Crippen molar-refractivity contribution in [1.82, 2.24) is 5.32 Å². The van der Waals surface area contributed by atoms with Crippen molar-refractivity contribution < 1.29 is 19.4 Å². The van der Waals surface area contributed by atoms with E-state index in [2.05, 4.69) is 12.2 Å². The Kier molecular flexibility index (Phi) is 15.8. The summed E-state index contributed by atoms with van der Waals surface area (Å²) in [5.74, 6) is -0.675. The molecule has 0 bridgehead atoms. The molecule has 0 rings (SSSR count). The number of methoxy groups -OCH3 is 2. The van der Waals surface area contributed by atoms with Gasteiger partial charge in [-0.05, 0) is 20.3 Å². The fourth-order valence-corrected chi connectivity index (χ4v) is 1.17. The lowest BCUT2D eigenvalue weighted by atomic mass is 10.2. The van der Waals surface area contributed by atoms with Crippen LogP contribution < -0.4 is 5.32 Å². The zero-order chi connectivity index (χ0) is 14.4. The second-order valence-electron chi connectivity index (χ2n) is 4.13. The van der Waals surface area contributed by atoms with Gasteiger partial charge in [-0.15, -0.1) is 0 Å². The van der Waals surface area contributed by atoms with Crippen LogP contribution in [-0.2, 0) is 14.3 Å². The van der Waals surface area contributed by atoms with Crippen LogP contribution in [0.15, 0.2) is 0 Å². The van der Waals surface area contributed by atoms with Crippen molar-refractivity contribution in [3.8, 4) is 0 Å². The lowest BCUT2D eigenvalue weighted by Gasteiger charge is -2.16. The van der Waals surface area contributed by atoms with Crippen molar-refractivity contribution in [2.24, 2.45) is 0 Å². The Morgan fingerprint density at radius 1 is 1.11 bits per heavy atom. The van der Waals surface area contributed by atoms with Gasteiger partial charge in [0.05, 0.1) is 0 Å². The minimum absolute atomic E-state index is 0.0555. The maximum Gasteiger partial charge on any atom is 0.303 e. The van der Waals surface area contributed by atoms with Gasteiger partial charge in [-0.25, -0.2) is 0 Å². The lowest BCUT2D eigenvalue weighted by molar-refractivity contribution is -0.137. The highest BCUT2D eigenvalue weighted by Crippen LogP contribution is 2.01. The molecule has 0 aromatic heterocycles. The highest BCUT2D eigenvalue weighted by atomic mass is 16.5. The van der Waals surface area contributed by atoms with E-state index in [1.54, 1.807) is 14.2 Å². The van der Waals surface area contributed by atoms with Crippen LogP contribution in [0.2, 0.25) is 0 Å². The van der Waals surface area contributed by atoms with Crippen LogP contribution in [0.1, 0.15) is 52.9 Å². The largest absolute Gasteiger partial charge is 0.481 e. The number of carboxylic acids is 1. The SMILES string of the molecule is CCCCCCC(=O)O.COC(C)NC(C)OC. The molecule has 0 heterocycles. The normalized spacial score (nSPS) is 13.4. The fraction of sp³-hybridized carbons (Fsp3) is 0.923. The van der Waals surface area contributed by atoms with E-state index in [0.29, 0.717) is 6.42 Å². The molecule has 2 unspecified atom stereocenters. The monoisotopic (exact) mass is 263 g/mol. The summed E-state index contributed by atoms with van der Waals surface area (Å²) in [5, 5.41) is 11.2. The molecule has 0 fully saturated rings. The molecular weight excluding hydrogens is 234 g/mol. The number of nitrogens with one attached hydrogen (secondary N) is 1. The Bertz CT molecular complexity index is 180. The number of aliphatic carboxylic acids is 1. The van der Waals surface area contributed by atoms with E-state index in [1.165, 1.54) is 6.42 Å². The topological polar surface area (TPSA) is 67.8 Å². The molecule has 18 heavy (non-hydrogen) atoms. The van der Waals surface area contributed by atoms with Crippen molar-refractivity contribution in [3.63, 3.8) is 0 Å². The highest BCUT2D eigenvalue weighted by molar-refractivity contribution is 5.66. The number of hydrogen-bond acceptors (Lipinski definition) is 4. The van der Waals surface area contributed by atoms with Gasteiger partial charge in [0.2, 0.25) is 0 Å². The summed E-state index contributed by atoms with van der Waals surface area (Å²) < 4.78 is 9.86. The summed E-state index contributed by atoms with van der Waals surface area (Å²) in [5.41, 5.74) is 0. The standard InChI is InChI=1S/C7H14O2.C6H15NO2/c1-2-3-4-5-6-7(8)9;1-5(8-3)7-6(2)9-4/h2-6H2,1H3,(H,8,9);5-7H,1-4H3. The zero-order valence-electron chi connectivity index (χ0n) is 12.4. The Hall–Kier alpha value is -0.650. The van der Waals surface area contributed by atoms with E-state index in [4.69, 9.17) is 14.6 Å². The maximum atomic E-state index is 9.96. The molecule has 2 N–H and O–H groups in total. The van der Waals surface area contributed by atoms with Crippen LogP contribution >= 0.6 is 0 Å². The number of unbranched alkanes of at least 4 members (excludes halogenated alkanes) is 3. The van der Waals surface area contributed by atoms with Crippen molar-refractivity contribution in [2.75, 3.05) is 14.2 Å². The number of hydrogen-bond donors (Lipinski definition) is 2. The second kappa shape index (κ2) is 14.4. The Morgan fingerprint density at radius 2 is 1.61 bits per heavy atom. The molecule has 0 aromatic rings. The highest BCUT2D eigenvalue weighted by Gasteiger charge is 2.02. The Morgan fingerprint density at radius 3 is 1.94 bits per heavy atom. The van der Waals surface area contributed by atoms with E-state index in [-0.39, 0.29) is 12.5 Å². The summed E-state index contributed by atoms with van der Waals surface area (Å²) in [6.45, 7) is 5.96. The number of carboxylic acid groups (broad SMARTS) is 1. The minimum Gasteiger partial charge on any atom is -0.481 e. The first kappa shape index (κ1) is 19.7. The molecule has 5 nitrogen and oxygen atoms in total. The molecule has 0 amide bonds. The van der Waals surface area contributed by atoms with Crippen LogP contribution in [-0.4, -0.2) is 37.8 Å². The van der Waals surface area contributed by atoms with E-state index >= 15 is 0 Å². The lowest BCUT2D eigenvalue weighted by Crippen LogP contribution is -2.36. The molecule has 2 atom stereocenters. The zero-order valence-corrected chi connectivity index (χ0v) is 12.4. The van der Waals surface area contributed by atoms with Crippen LogP contribution in [0.3, 0.4) is 0 Å². The van der Waals surface area contributed by atoms with E-state index in [9.17, 15) is 4.79 Å². The van der Waals surface area contributed by atoms with E-state index in [1.807, 2.05) is 13.8 Å². The molecule has 0 saturated carbocycles. The van der Waals surface area contributed by atoms with Crippen LogP contribution in [0.5, 0.6) is 0 Å². The first-order valence-electron chi connectivity index (χ1n) is 6.51. The molecular formula is C13H29NO4. The number of carbonyl (C=O) groups is 1. The van der Waals surface area contributed by atoms with Gasteiger partial charge < -0.3 is 14.6 Å². The summed E-state index contributed by atoms with van der Waals surface area (Å²) in [6, 6.07) is 0. The first-order chi connectivity index (χ1) is 8.47. The first-order valence-corrected chi connectivity index (χ1v) is 6.51. The summed E-state index contributed by atoms with van der Waals surface area (Å²) in [7, 11) is 3.31. The molecule has 0 aliphatic heterocycles. The number of ether oxygens (including phenoxy) is 2. The Labute approximate surface area is 111 Å². The molecule has 5 heteroatoms. The fourth-order valence-electron chi connectivity index (χ4n) is 1.17. The van der Waals surface area contributed by atoms with Crippen LogP contribution in [0.4, 0.5) is 0 Å². The summed E-state index contributed by atoms with van der Waals surface area (Å²) in [4.78, 5) is 9.96. The van der Waals surface area contributed by atoms with E-state index < -0.39 is 5.97 Å². The third kappa shape index (κ3) is 17.7. The van der Waals surface area contributed by atoms with Gasteiger partial charge in [0, 0.05) is 20.6 Å². The van der Waals surface area contributed by atoms with Crippen molar-refractivity contribution in [2.45, 2.75) is 65.3 Å². The van der Waals surface area contributed by atoms with E-state index in [0.717, 1.165) is 19.3 Å². The predicted molar refractivity (Wildman–Crippen MR) is 72.5 cm³/mol. The molecule has 110 valence electrons. The molecule has 0 aliphatic rings. The van der Waals surface area contributed by atoms with Gasteiger partial charge in [-0.3, -0.25) is 10.1 Å². The molecule has 0 aliphatic carbocycles. The average molecular weight is 263 g/mol. The number of rotatable bonds is 9. The van der Waals surface area contributed by atoms with Crippen molar-refractivity contribution >= 4 is 5.97 Å². The molecule has 0 radical (unpaired) electrons. The second-order valence-corrected chi connectivity index (χ2v) is 4.13. The third-order valence-corrected chi connectivity index (χ3v) is 2.42. The summed E-state index contributed by atoms with van der Waals surface area (Å²) >= 11 is 0.